The van der Waals surface area contributed by atoms with Gasteiger partial charge >= 0.3 is 7.12 Å². The number of halogens is 2. The summed E-state index contributed by atoms with van der Waals surface area (Å²) in [6.07, 6.45) is 20.6. The highest BCUT2D eigenvalue weighted by atomic mass is 79.9. The van der Waals surface area contributed by atoms with Gasteiger partial charge in [-0.25, -0.2) is 0 Å². The summed E-state index contributed by atoms with van der Waals surface area (Å²) in [6, 6.07) is 42.9. The van der Waals surface area contributed by atoms with Gasteiger partial charge in [-0.05, 0) is 211 Å². The predicted octanol–water partition coefficient (Wildman–Crippen LogP) is 20.2. The van der Waals surface area contributed by atoms with Crippen molar-refractivity contribution >= 4 is 121 Å². The lowest BCUT2D eigenvalue weighted by atomic mass is 9.85. The molecule has 1 aliphatic heterocycles. The van der Waals surface area contributed by atoms with Crippen LogP contribution in [0.15, 0.2) is 140 Å². The maximum atomic E-state index is 5.61. The number of hydrogen-bond donors (Lipinski definition) is 0. The molecule has 358 valence electrons. The quantitative estimate of drug-likeness (QED) is 0.0484. The molecule has 0 saturated carbocycles. The van der Waals surface area contributed by atoms with Crippen LogP contribution in [-0.2, 0) is 28.6 Å². The normalized spacial score (nSPS) is 12.7. The van der Waals surface area contributed by atoms with Gasteiger partial charge in [0, 0.05) is 36.7 Å². The van der Waals surface area contributed by atoms with Crippen molar-refractivity contribution in [1.29, 1.82) is 0 Å². The van der Waals surface area contributed by atoms with Crippen molar-refractivity contribution in [3.63, 3.8) is 0 Å². The fourth-order valence-corrected chi connectivity index (χ4v) is 12.7. The van der Waals surface area contributed by atoms with E-state index in [0.29, 0.717) is 0 Å². The average molecular weight is 1100 g/mol. The van der Waals surface area contributed by atoms with E-state index in [4.69, 9.17) is 9.31 Å². The second kappa shape index (κ2) is 26.7. The highest BCUT2D eigenvalue weighted by molar-refractivity contribution is 9.10. The Morgan fingerprint density at radius 3 is 1.23 bits per heavy atom. The van der Waals surface area contributed by atoms with E-state index in [9.17, 15) is 0 Å². The van der Waals surface area contributed by atoms with Crippen LogP contribution >= 0.6 is 65.9 Å². The van der Waals surface area contributed by atoms with Crippen LogP contribution in [0.2, 0.25) is 0 Å². The lowest BCUT2D eigenvalue weighted by Crippen LogP contribution is -2.39. The predicted molar refractivity (Wildman–Crippen MR) is 315 cm³/mol. The molecule has 3 aromatic heterocycles. The Morgan fingerprint density at radius 2 is 0.797 bits per heavy atom. The summed E-state index contributed by atoms with van der Waals surface area (Å²) in [6.45, 7) is 8.46. The third-order valence-electron chi connectivity index (χ3n) is 13.1. The third kappa shape index (κ3) is 15.0. The summed E-state index contributed by atoms with van der Waals surface area (Å²) < 4.78 is 14.7. The Bertz CT molecular complexity index is 2840. The zero-order chi connectivity index (χ0) is 47.8. The number of thiophene rings is 3. The van der Waals surface area contributed by atoms with Crippen LogP contribution in [0, 0.1) is 0 Å². The molecule has 69 heavy (non-hydrogen) atoms. The topological polar surface area (TPSA) is 18.5 Å². The summed E-state index contributed by atoms with van der Waals surface area (Å²) in [7, 11) is -0.0989. The van der Waals surface area contributed by atoms with Gasteiger partial charge in [0.15, 0.2) is 0 Å². The average Bonchev–Trinajstić information content (AvgIpc) is 4.18. The first kappa shape index (κ1) is 51.8. The van der Waals surface area contributed by atoms with E-state index in [1.165, 1.54) is 182 Å². The van der Waals surface area contributed by atoms with Crippen molar-refractivity contribution in [2.24, 2.45) is 0 Å². The fourth-order valence-electron chi connectivity index (χ4n) is 9.13. The van der Waals surface area contributed by atoms with Crippen molar-refractivity contribution < 1.29 is 9.31 Å². The number of hydrogen-bond acceptors (Lipinski definition) is 5. The van der Waals surface area contributed by atoms with E-state index in [-0.39, 0.29) is 7.12 Å². The van der Waals surface area contributed by atoms with Crippen LogP contribution in [0.4, 0.5) is 0 Å². The summed E-state index contributed by atoms with van der Waals surface area (Å²) >= 11 is 12.5. The van der Waals surface area contributed by atoms with Crippen molar-refractivity contribution in [1.82, 2.24) is 0 Å². The van der Waals surface area contributed by atoms with Crippen molar-refractivity contribution in [2.75, 3.05) is 13.2 Å². The minimum atomic E-state index is -0.0989. The lowest BCUT2D eigenvalue weighted by molar-refractivity contribution is 0.144. The smallest absolute Gasteiger partial charge is 0.407 e. The van der Waals surface area contributed by atoms with Crippen LogP contribution in [0.5, 0.6) is 0 Å². The van der Waals surface area contributed by atoms with Gasteiger partial charge in [0.25, 0.3) is 0 Å². The summed E-state index contributed by atoms with van der Waals surface area (Å²) in [5.41, 5.74) is 7.12. The van der Waals surface area contributed by atoms with Gasteiger partial charge in [0.2, 0.25) is 0 Å². The van der Waals surface area contributed by atoms with Crippen molar-refractivity contribution in [3.05, 3.63) is 157 Å². The first-order chi connectivity index (χ1) is 33.8. The SMILES string of the molecule is Brc1ccc2cc3cc(Br)ccc3cc2c1.CCCCCCc1csc(-c2ccc3cc4cc(-c5cc(CCCCCC)cs5)ccc4cc3c2)c1.CCCCCCc1csc(B2OCCCO2)c1. The van der Waals surface area contributed by atoms with E-state index in [0.717, 1.165) is 28.6 Å². The third-order valence-corrected chi connectivity index (χ3v) is 17.1. The van der Waals surface area contributed by atoms with Crippen LogP contribution in [0.3, 0.4) is 0 Å². The minimum absolute atomic E-state index is 0.0989. The second-order valence-corrected chi connectivity index (χ2v) is 23.3. The number of benzene rings is 6. The monoisotopic (exact) mass is 1100 g/mol. The van der Waals surface area contributed by atoms with E-state index >= 15 is 0 Å². The van der Waals surface area contributed by atoms with Gasteiger partial charge in [-0.1, -0.05) is 147 Å². The maximum Gasteiger partial charge on any atom is 0.504 e. The van der Waals surface area contributed by atoms with Gasteiger partial charge in [-0.3, -0.25) is 0 Å². The Hall–Kier alpha value is -3.60. The van der Waals surface area contributed by atoms with E-state index in [1.54, 1.807) is 11.3 Å². The molecule has 8 heteroatoms. The Kier molecular flexibility index (Phi) is 20.1. The molecule has 2 nitrogen and oxygen atoms in total. The molecule has 0 aliphatic carbocycles. The molecule has 0 N–H and O–H groups in total. The summed E-state index contributed by atoms with van der Waals surface area (Å²) in [5.74, 6) is 0. The molecule has 1 saturated heterocycles. The molecule has 0 unspecified atom stereocenters. The van der Waals surface area contributed by atoms with Crippen LogP contribution in [-0.4, -0.2) is 20.3 Å². The first-order valence-corrected chi connectivity index (χ1v) is 29.8. The molecule has 6 aromatic carbocycles. The molecule has 1 fully saturated rings. The highest BCUT2D eigenvalue weighted by Crippen LogP contribution is 2.35. The van der Waals surface area contributed by atoms with E-state index in [2.05, 4.69) is 184 Å². The minimum Gasteiger partial charge on any atom is -0.407 e. The van der Waals surface area contributed by atoms with Crippen LogP contribution in [0.1, 0.15) is 121 Å². The summed E-state index contributed by atoms with van der Waals surface area (Å²) in [4.78, 5) is 2.78. The zero-order valence-electron chi connectivity index (χ0n) is 40.8. The molecular formula is C61H67BBr2O2S3. The maximum absolute atomic E-state index is 5.61. The second-order valence-electron chi connectivity index (χ2n) is 18.7. The Morgan fingerprint density at radius 1 is 0.406 bits per heavy atom. The number of fused-ring (bicyclic) bond motifs is 4. The Balaban J connectivity index is 0.000000160. The molecule has 0 radical (unpaired) electrons. The molecular weight excluding hydrogens is 1030 g/mol. The number of aryl methyl sites for hydroxylation is 3. The molecule has 0 spiro atoms. The van der Waals surface area contributed by atoms with Gasteiger partial charge in [0.1, 0.15) is 0 Å². The molecule has 1 aliphatic rings. The van der Waals surface area contributed by atoms with E-state index in [1.807, 2.05) is 22.7 Å². The van der Waals surface area contributed by atoms with Gasteiger partial charge < -0.3 is 9.31 Å². The van der Waals surface area contributed by atoms with E-state index < -0.39 is 0 Å². The molecule has 4 heterocycles. The molecule has 10 rings (SSSR count). The number of rotatable bonds is 18. The van der Waals surface area contributed by atoms with Gasteiger partial charge in [-0.2, -0.15) is 11.3 Å². The standard InChI is InChI=1S/C34H38S2.C14H8Br2.C13H21BO2S/c1-3-5-7-9-11-25-17-33(35-23-25)29-15-13-27-20-32-22-30(16-14-28(32)19-31(27)21-29)34-18-26(24-36-34)12-10-8-6-4-2;15-13-3-1-9-5-12-8-14(16)4-2-10(12)6-11(9)7-13;1-2-3-4-5-7-12-10-13(17-11-12)14-15-8-6-9-16-14/h13-24H,3-12H2,1-2H3;1-8H;10-11H,2-9H2,1H3. The highest BCUT2D eigenvalue weighted by Gasteiger charge is 2.26. The fraction of sp³-hybridized carbons (Fsp3) is 0.344. The van der Waals surface area contributed by atoms with Crippen LogP contribution < -0.4 is 4.78 Å². The van der Waals surface area contributed by atoms with Gasteiger partial charge in [-0.15, -0.1) is 22.7 Å². The Labute approximate surface area is 441 Å². The van der Waals surface area contributed by atoms with Gasteiger partial charge in [0.05, 0.1) is 0 Å². The largest absolute Gasteiger partial charge is 0.504 e. The van der Waals surface area contributed by atoms with Crippen LogP contribution in [0.25, 0.3) is 64.0 Å². The molecule has 0 amide bonds. The molecule has 9 aromatic rings. The van der Waals surface area contributed by atoms with Crippen molar-refractivity contribution in [3.8, 4) is 20.9 Å². The molecule has 0 bridgehead atoms. The number of unbranched alkanes of at least 4 members (excludes halogenated alkanes) is 9. The zero-order valence-corrected chi connectivity index (χ0v) is 46.4. The van der Waals surface area contributed by atoms with Crippen molar-refractivity contribution in [2.45, 2.75) is 124 Å². The summed E-state index contributed by atoms with van der Waals surface area (Å²) in [5, 5.41) is 17.3. The first-order valence-electron chi connectivity index (χ1n) is 25.6. The lowest BCUT2D eigenvalue weighted by Gasteiger charge is -2.18. The molecule has 0 atom stereocenters.